The molecule has 0 unspecified atom stereocenters. The molecule has 0 aliphatic carbocycles. The summed E-state index contributed by atoms with van der Waals surface area (Å²) in [6.45, 7) is 25.6. The number of carbonyl (C=O) groups excluding carboxylic acids is 1. The third kappa shape index (κ3) is 9.36. The molecular formula is C49H60IrNO3S-. The number of fused-ring (bicyclic) bond motifs is 3. The second-order valence-electron chi connectivity index (χ2n) is 17.0. The molecule has 1 radical (unpaired) electrons. The van der Waals surface area contributed by atoms with Crippen LogP contribution in [0.25, 0.3) is 54.4 Å². The molecule has 0 fully saturated rings. The molecule has 6 heteroatoms. The smallest absolute Gasteiger partial charge is 0.164 e. The molecule has 0 bridgehead atoms. The van der Waals surface area contributed by atoms with Gasteiger partial charge in [0.2, 0.25) is 0 Å². The standard InChI is InChI=1S/C34H32NOS.C15H28O2.Ir/c1-20(2)15-22-11-12-26-31(16-22)37-21(3)32(26)30-19-27-29(36-30)13-14-35-33(27)24-17-23-9-7-8-10-25(23)28(18-24)34(4,5)6;1-7-14(5,8-2)12(16)11-13(17)15(6,9-3)10-4;/h7-14,16,18-20H,15H2,1-6H3;11,16H,7-10H2,1-6H3;/q-1;;/b;12-11-;. The zero-order chi connectivity index (χ0) is 39.6. The summed E-state index contributed by atoms with van der Waals surface area (Å²) in [6, 6.07) is 25.5. The molecule has 295 valence electrons. The number of carbonyl (C=O) groups is 1. The number of thiophene rings is 1. The van der Waals surface area contributed by atoms with Crippen LogP contribution in [0, 0.1) is 29.7 Å². The fourth-order valence-corrected chi connectivity index (χ4v) is 8.26. The number of nitrogens with zero attached hydrogens (tertiary/aromatic N) is 1. The minimum Gasteiger partial charge on any atom is -0.512 e. The Labute approximate surface area is 347 Å². The molecule has 3 heterocycles. The Balaban J connectivity index is 0.000000320. The van der Waals surface area contributed by atoms with E-state index in [1.807, 2.05) is 65.1 Å². The van der Waals surface area contributed by atoms with Crippen molar-refractivity contribution in [2.75, 3.05) is 0 Å². The number of ketones is 1. The first-order valence-electron chi connectivity index (χ1n) is 19.8. The van der Waals surface area contributed by atoms with Crippen molar-refractivity contribution < 1.29 is 34.4 Å². The molecule has 0 spiro atoms. The molecule has 1 N–H and O–H groups in total. The summed E-state index contributed by atoms with van der Waals surface area (Å²) in [5, 5.41) is 14.8. The van der Waals surface area contributed by atoms with Crippen LogP contribution in [-0.4, -0.2) is 15.9 Å². The maximum Gasteiger partial charge on any atom is 0.164 e. The molecule has 6 aromatic rings. The average molecular weight is 935 g/mol. The Kier molecular flexibility index (Phi) is 14.2. The Morgan fingerprint density at radius 1 is 0.873 bits per heavy atom. The van der Waals surface area contributed by atoms with E-state index in [1.54, 1.807) is 0 Å². The Morgan fingerprint density at radius 2 is 1.53 bits per heavy atom. The predicted octanol–water partition coefficient (Wildman–Crippen LogP) is 14.8. The van der Waals surface area contributed by atoms with Gasteiger partial charge in [0, 0.05) is 74.8 Å². The van der Waals surface area contributed by atoms with E-state index in [4.69, 9.17) is 9.40 Å². The SMILES string of the molecule is CCC(C)(CC)C(=O)/C=C(\O)C(C)(CC)CC.Cc1sc2cc(CC(C)C)ccc2c1-c1cc2c(-c3[c-]c4ccccc4c(C(C)(C)C)c3)nccc2o1.[Ir]. The second-order valence-corrected chi connectivity index (χ2v) is 18.2. The molecule has 3 aromatic carbocycles. The molecule has 0 aliphatic heterocycles. The topological polar surface area (TPSA) is 63.3 Å². The first kappa shape index (κ1) is 44.1. The molecule has 3 aromatic heterocycles. The summed E-state index contributed by atoms with van der Waals surface area (Å²) >= 11 is 1.85. The van der Waals surface area contributed by atoms with Crippen molar-refractivity contribution in [3.8, 4) is 22.6 Å². The summed E-state index contributed by atoms with van der Waals surface area (Å²) in [4.78, 5) is 18.3. The Morgan fingerprint density at radius 3 is 2.15 bits per heavy atom. The van der Waals surface area contributed by atoms with E-state index < -0.39 is 0 Å². The first-order valence-corrected chi connectivity index (χ1v) is 20.6. The third-order valence-corrected chi connectivity index (χ3v) is 12.8. The van der Waals surface area contributed by atoms with E-state index in [2.05, 4.69) is 102 Å². The maximum absolute atomic E-state index is 12.2. The average Bonchev–Trinajstić information content (AvgIpc) is 3.72. The van der Waals surface area contributed by atoms with Crippen molar-refractivity contribution in [3.63, 3.8) is 0 Å². The van der Waals surface area contributed by atoms with Crippen molar-refractivity contribution in [1.29, 1.82) is 0 Å². The number of benzene rings is 3. The van der Waals surface area contributed by atoms with Crippen molar-refractivity contribution in [2.24, 2.45) is 16.7 Å². The number of allylic oxidation sites excluding steroid dienone is 2. The van der Waals surface area contributed by atoms with E-state index in [1.165, 1.54) is 43.1 Å². The molecule has 0 atom stereocenters. The van der Waals surface area contributed by atoms with Gasteiger partial charge in [-0.3, -0.25) is 9.78 Å². The molecule has 0 amide bonds. The van der Waals surface area contributed by atoms with Crippen LogP contribution in [0.5, 0.6) is 0 Å². The minimum atomic E-state index is -0.337. The van der Waals surface area contributed by atoms with Crippen LogP contribution in [0.3, 0.4) is 0 Å². The van der Waals surface area contributed by atoms with E-state index in [0.717, 1.165) is 65.5 Å². The number of aliphatic hydroxyl groups is 1. The summed E-state index contributed by atoms with van der Waals surface area (Å²) in [6.07, 6.45) is 7.70. The number of pyridine rings is 1. The summed E-state index contributed by atoms with van der Waals surface area (Å²) in [7, 11) is 0. The third-order valence-electron chi connectivity index (χ3n) is 11.7. The van der Waals surface area contributed by atoms with Crippen LogP contribution in [0.2, 0.25) is 0 Å². The monoisotopic (exact) mass is 935 g/mol. The van der Waals surface area contributed by atoms with Crippen LogP contribution in [0.15, 0.2) is 83.1 Å². The van der Waals surface area contributed by atoms with Crippen molar-refractivity contribution in [3.05, 3.63) is 101 Å². The number of hydrogen-bond acceptors (Lipinski definition) is 5. The van der Waals surface area contributed by atoms with Gasteiger partial charge < -0.3 is 9.52 Å². The first-order chi connectivity index (χ1) is 25.5. The molecular weight excluding hydrogens is 875 g/mol. The van der Waals surface area contributed by atoms with Gasteiger partial charge in [-0.2, -0.15) is 0 Å². The van der Waals surface area contributed by atoms with E-state index in [0.29, 0.717) is 5.92 Å². The molecule has 4 nitrogen and oxygen atoms in total. The Hall–Kier alpha value is -3.57. The second kappa shape index (κ2) is 17.7. The fraction of sp³-hybridized carbons (Fsp3) is 0.429. The van der Waals surface area contributed by atoms with Gasteiger partial charge in [-0.05, 0) is 74.1 Å². The number of hydrogen-bond donors (Lipinski definition) is 1. The molecule has 0 saturated heterocycles. The van der Waals surface area contributed by atoms with Gasteiger partial charge >= 0.3 is 0 Å². The van der Waals surface area contributed by atoms with Gasteiger partial charge in [-0.1, -0.05) is 117 Å². The zero-order valence-electron chi connectivity index (χ0n) is 35.0. The predicted molar refractivity (Wildman–Crippen MR) is 232 cm³/mol. The molecule has 6 rings (SSSR count). The van der Waals surface area contributed by atoms with Crippen LogP contribution in [0.4, 0.5) is 0 Å². The van der Waals surface area contributed by atoms with Gasteiger partial charge in [0.05, 0.1) is 0 Å². The summed E-state index contributed by atoms with van der Waals surface area (Å²) in [5.41, 5.74) is 6.07. The van der Waals surface area contributed by atoms with E-state index in [-0.39, 0.29) is 47.9 Å². The number of rotatable bonds is 11. The van der Waals surface area contributed by atoms with Crippen molar-refractivity contribution in [2.45, 2.75) is 121 Å². The number of furan rings is 1. The van der Waals surface area contributed by atoms with Crippen molar-refractivity contribution >= 4 is 48.9 Å². The molecule has 55 heavy (non-hydrogen) atoms. The zero-order valence-corrected chi connectivity index (χ0v) is 38.2. The van der Waals surface area contributed by atoms with Crippen LogP contribution < -0.4 is 0 Å². The van der Waals surface area contributed by atoms with E-state index >= 15 is 0 Å². The van der Waals surface area contributed by atoms with Crippen molar-refractivity contribution in [1.82, 2.24) is 4.98 Å². The van der Waals surface area contributed by atoms with Gasteiger partial charge in [0.25, 0.3) is 0 Å². The maximum atomic E-state index is 12.2. The minimum absolute atomic E-state index is 0. The van der Waals surface area contributed by atoms with Crippen LogP contribution in [-0.2, 0) is 36.7 Å². The summed E-state index contributed by atoms with van der Waals surface area (Å²) in [5.74, 6) is 1.83. The quantitative estimate of drug-likeness (QED) is 0.0799. The normalized spacial score (nSPS) is 12.6. The fourth-order valence-electron chi connectivity index (χ4n) is 7.13. The largest absolute Gasteiger partial charge is 0.512 e. The van der Waals surface area contributed by atoms with Gasteiger partial charge in [0.15, 0.2) is 5.78 Å². The molecule has 0 saturated carbocycles. The number of aryl methyl sites for hydroxylation is 1. The van der Waals surface area contributed by atoms with Gasteiger partial charge in [-0.15, -0.1) is 40.5 Å². The van der Waals surface area contributed by atoms with Crippen LogP contribution in [0.1, 0.15) is 118 Å². The number of aromatic nitrogens is 1. The summed E-state index contributed by atoms with van der Waals surface area (Å²) < 4.78 is 7.82. The van der Waals surface area contributed by atoms with Gasteiger partial charge in [-0.25, -0.2) is 0 Å². The van der Waals surface area contributed by atoms with E-state index in [9.17, 15) is 9.90 Å². The van der Waals surface area contributed by atoms with Gasteiger partial charge in [0.1, 0.15) is 17.1 Å². The number of aliphatic hydroxyl groups excluding tert-OH is 1. The van der Waals surface area contributed by atoms with Crippen LogP contribution >= 0.6 is 11.3 Å². The molecule has 0 aliphatic rings. The Bertz CT molecular complexity index is 2290.